The summed E-state index contributed by atoms with van der Waals surface area (Å²) >= 11 is 2.82. The largest absolute Gasteiger partial charge is 0.383 e. The Hall–Kier alpha value is -2.03. The van der Waals surface area contributed by atoms with Crippen molar-refractivity contribution in [1.82, 2.24) is 9.55 Å². The van der Waals surface area contributed by atoms with E-state index < -0.39 is 0 Å². The molecule has 3 aromatic rings. The molecule has 0 radical (unpaired) electrons. The van der Waals surface area contributed by atoms with Crippen LogP contribution in [0.3, 0.4) is 0 Å². The minimum Gasteiger partial charge on any atom is -0.383 e. The number of benzene rings is 1. The molecule has 0 N–H and O–H groups in total. The Labute approximate surface area is 169 Å². The van der Waals surface area contributed by atoms with Gasteiger partial charge < -0.3 is 4.74 Å². The third kappa shape index (κ3) is 3.64. The summed E-state index contributed by atoms with van der Waals surface area (Å²) < 4.78 is 19.8. The topological polar surface area (TPSA) is 61.2 Å². The zero-order valence-electron chi connectivity index (χ0n) is 15.4. The second-order valence-corrected chi connectivity index (χ2v) is 8.63. The predicted molar refractivity (Wildman–Crippen MR) is 109 cm³/mol. The van der Waals surface area contributed by atoms with Crippen LogP contribution in [0.1, 0.15) is 27.2 Å². The number of methoxy groups -OCH3 is 1. The average molecular weight is 419 g/mol. The maximum Gasteiger partial charge on any atom is 0.263 e. The number of hydrogen-bond acceptors (Lipinski definition) is 6. The SMILES string of the molecule is COCCn1c(SCC(=O)c2ccc(F)cc2)nc2sc3c(c2c1=O)CCC3. The zero-order chi connectivity index (χ0) is 19.7. The van der Waals surface area contributed by atoms with E-state index in [0.717, 1.165) is 35.0 Å². The fourth-order valence-corrected chi connectivity index (χ4v) is 5.62. The lowest BCUT2D eigenvalue weighted by atomic mass is 10.1. The molecule has 1 aliphatic carbocycles. The minimum atomic E-state index is -0.379. The van der Waals surface area contributed by atoms with Crippen molar-refractivity contribution < 1.29 is 13.9 Å². The predicted octanol–water partition coefficient (Wildman–Crippen LogP) is 3.71. The molecule has 5 nitrogen and oxygen atoms in total. The first-order valence-electron chi connectivity index (χ1n) is 9.04. The Bertz CT molecular complexity index is 1090. The molecule has 1 aromatic carbocycles. The van der Waals surface area contributed by atoms with Crippen molar-refractivity contribution in [3.8, 4) is 0 Å². The Kier molecular flexibility index (Phi) is 5.61. The molecule has 4 rings (SSSR count). The van der Waals surface area contributed by atoms with Gasteiger partial charge in [0.05, 0.1) is 24.3 Å². The fourth-order valence-electron chi connectivity index (χ4n) is 3.40. The second kappa shape index (κ2) is 8.14. The van der Waals surface area contributed by atoms with Crippen molar-refractivity contribution in [1.29, 1.82) is 0 Å². The van der Waals surface area contributed by atoms with Gasteiger partial charge in [-0.1, -0.05) is 11.8 Å². The van der Waals surface area contributed by atoms with Crippen molar-refractivity contribution in [2.75, 3.05) is 19.5 Å². The fraction of sp³-hybridized carbons (Fsp3) is 0.350. The molecular formula is C20H19FN2O3S2. The lowest BCUT2D eigenvalue weighted by Gasteiger charge is -2.11. The number of aromatic nitrogens is 2. The Morgan fingerprint density at radius 3 is 2.86 bits per heavy atom. The molecule has 2 heterocycles. The molecule has 28 heavy (non-hydrogen) atoms. The van der Waals surface area contributed by atoms with E-state index in [-0.39, 0.29) is 22.9 Å². The Morgan fingerprint density at radius 2 is 2.11 bits per heavy atom. The first kappa shape index (κ1) is 19.3. The van der Waals surface area contributed by atoms with Gasteiger partial charge in [0, 0.05) is 17.6 Å². The molecule has 146 valence electrons. The second-order valence-electron chi connectivity index (χ2n) is 6.60. The maximum absolute atomic E-state index is 13.2. The van der Waals surface area contributed by atoms with E-state index >= 15 is 0 Å². The van der Waals surface area contributed by atoms with Gasteiger partial charge in [0.2, 0.25) is 0 Å². The number of aryl methyl sites for hydroxylation is 2. The highest BCUT2D eigenvalue weighted by Gasteiger charge is 2.23. The van der Waals surface area contributed by atoms with Crippen LogP contribution in [0.5, 0.6) is 0 Å². The van der Waals surface area contributed by atoms with Gasteiger partial charge in [0.25, 0.3) is 5.56 Å². The molecule has 0 amide bonds. The van der Waals surface area contributed by atoms with Gasteiger partial charge >= 0.3 is 0 Å². The van der Waals surface area contributed by atoms with Gasteiger partial charge in [-0.05, 0) is 49.1 Å². The normalized spacial score (nSPS) is 13.2. The molecule has 0 saturated heterocycles. The van der Waals surface area contributed by atoms with E-state index in [9.17, 15) is 14.0 Å². The van der Waals surface area contributed by atoms with E-state index in [1.165, 1.54) is 40.9 Å². The number of ketones is 1. The summed E-state index contributed by atoms with van der Waals surface area (Å²) in [6.07, 6.45) is 3.00. The van der Waals surface area contributed by atoms with E-state index in [4.69, 9.17) is 9.72 Å². The van der Waals surface area contributed by atoms with Crippen LogP contribution in [0.15, 0.2) is 34.2 Å². The molecular weight excluding hydrogens is 399 g/mol. The first-order chi connectivity index (χ1) is 13.6. The van der Waals surface area contributed by atoms with Crippen molar-refractivity contribution in [3.63, 3.8) is 0 Å². The van der Waals surface area contributed by atoms with E-state index in [0.29, 0.717) is 23.9 Å². The number of hydrogen-bond donors (Lipinski definition) is 0. The van der Waals surface area contributed by atoms with Crippen molar-refractivity contribution >= 4 is 39.1 Å². The van der Waals surface area contributed by atoms with E-state index in [1.807, 2.05) is 0 Å². The summed E-state index contributed by atoms with van der Waals surface area (Å²) in [7, 11) is 1.59. The summed E-state index contributed by atoms with van der Waals surface area (Å²) in [5.74, 6) is -0.386. The van der Waals surface area contributed by atoms with Crippen molar-refractivity contribution in [3.05, 3.63) is 56.4 Å². The van der Waals surface area contributed by atoms with Crippen LogP contribution in [-0.2, 0) is 24.1 Å². The third-order valence-corrected chi connectivity index (χ3v) is 6.97. The summed E-state index contributed by atoms with van der Waals surface area (Å²) in [6, 6.07) is 5.47. The third-order valence-electron chi connectivity index (χ3n) is 4.81. The van der Waals surface area contributed by atoms with Crippen LogP contribution in [0.4, 0.5) is 4.39 Å². The Balaban J connectivity index is 1.66. The van der Waals surface area contributed by atoms with Gasteiger partial charge in [-0.25, -0.2) is 9.37 Å². The zero-order valence-corrected chi connectivity index (χ0v) is 17.0. The summed E-state index contributed by atoms with van der Waals surface area (Å²) in [5, 5.41) is 1.24. The molecule has 0 saturated carbocycles. The van der Waals surface area contributed by atoms with Gasteiger partial charge in [-0.15, -0.1) is 11.3 Å². The van der Waals surface area contributed by atoms with Gasteiger partial charge in [0.1, 0.15) is 10.6 Å². The molecule has 2 aromatic heterocycles. The quantitative estimate of drug-likeness (QED) is 0.333. The lowest BCUT2D eigenvalue weighted by molar-refractivity contribution is 0.102. The van der Waals surface area contributed by atoms with Gasteiger partial charge in [-0.3, -0.25) is 14.2 Å². The van der Waals surface area contributed by atoms with Crippen molar-refractivity contribution in [2.45, 2.75) is 31.0 Å². The monoisotopic (exact) mass is 418 g/mol. The van der Waals surface area contributed by atoms with Crippen LogP contribution in [-0.4, -0.2) is 34.8 Å². The number of halogens is 1. The van der Waals surface area contributed by atoms with E-state index in [2.05, 4.69) is 0 Å². The summed E-state index contributed by atoms with van der Waals surface area (Å²) in [6.45, 7) is 0.773. The number of ether oxygens (including phenoxy) is 1. The molecule has 0 unspecified atom stereocenters. The van der Waals surface area contributed by atoms with Crippen LogP contribution < -0.4 is 5.56 Å². The molecule has 0 spiro atoms. The highest BCUT2D eigenvalue weighted by Crippen LogP contribution is 2.35. The van der Waals surface area contributed by atoms with E-state index in [1.54, 1.807) is 23.0 Å². The standard InChI is InChI=1S/C20H19FN2O3S2/c1-26-10-9-23-19(25)17-14-3-2-4-16(14)28-18(17)22-20(23)27-11-15(24)12-5-7-13(21)8-6-12/h5-8H,2-4,9-11H2,1H3. The number of rotatable bonds is 7. The average Bonchev–Trinajstić information content (AvgIpc) is 3.27. The molecule has 0 aliphatic heterocycles. The number of Topliss-reactive ketones (excluding diaryl/α,β-unsaturated/α-hetero) is 1. The number of thioether (sulfide) groups is 1. The number of carbonyl (C=O) groups is 1. The molecule has 0 bridgehead atoms. The minimum absolute atomic E-state index is 0.0572. The number of fused-ring (bicyclic) bond motifs is 3. The molecule has 1 aliphatic rings. The Morgan fingerprint density at radius 1 is 1.32 bits per heavy atom. The smallest absolute Gasteiger partial charge is 0.263 e. The highest BCUT2D eigenvalue weighted by atomic mass is 32.2. The maximum atomic E-state index is 13.2. The number of thiophene rings is 1. The van der Waals surface area contributed by atoms with Gasteiger partial charge in [-0.2, -0.15) is 0 Å². The molecule has 8 heteroatoms. The summed E-state index contributed by atoms with van der Waals surface area (Å²) in [4.78, 5) is 32.3. The van der Waals surface area contributed by atoms with Crippen LogP contribution >= 0.6 is 23.1 Å². The van der Waals surface area contributed by atoms with Gasteiger partial charge in [0.15, 0.2) is 10.9 Å². The van der Waals surface area contributed by atoms with Crippen molar-refractivity contribution in [2.24, 2.45) is 0 Å². The molecule has 0 atom stereocenters. The number of nitrogens with zero attached hydrogens (tertiary/aromatic N) is 2. The number of carbonyl (C=O) groups excluding carboxylic acids is 1. The molecule has 0 fully saturated rings. The highest BCUT2D eigenvalue weighted by molar-refractivity contribution is 7.99. The van der Waals surface area contributed by atoms with Crippen LogP contribution in [0.2, 0.25) is 0 Å². The van der Waals surface area contributed by atoms with Crippen LogP contribution in [0.25, 0.3) is 10.2 Å². The summed E-state index contributed by atoms with van der Waals surface area (Å²) in [5.41, 5.74) is 1.52. The lowest BCUT2D eigenvalue weighted by Crippen LogP contribution is -2.25. The first-order valence-corrected chi connectivity index (χ1v) is 10.8. The van der Waals surface area contributed by atoms with Crippen LogP contribution in [0, 0.1) is 5.82 Å².